The Balaban J connectivity index is 2.76. The van der Waals surface area contributed by atoms with Gasteiger partial charge in [0.05, 0.1) is 5.52 Å². The Bertz CT molecular complexity index is 518. The summed E-state index contributed by atoms with van der Waals surface area (Å²) in [7, 11) is 0. The zero-order valence-electron chi connectivity index (χ0n) is 8.77. The summed E-state index contributed by atoms with van der Waals surface area (Å²) in [5.41, 5.74) is 3.30. The van der Waals surface area contributed by atoms with Gasteiger partial charge in [0.15, 0.2) is 0 Å². The topological polar surface area (TPSA) is 12.9 Å². The molecule has 0 N–H and O–H groups in total. The minimum Gasteiger partial charge on any atom is -0.256 e. The van der Waals surface area contributed by atoms with E-state index in [9.17, 15) is 0 Å². The van der Waals surface area contributed by atoms with E-state index in [1.165, 1.54) is 0 Å². The quantitative estimate of drug-likeness (QED) is 0.664. The van der Waals surface area contributed by atoms with Gasteiger partial charge in [-0.1, -0.05) is 43.0 Å². The summed E-state index contributed by atoms with van der Waals surface area (Å²) < 4.78 is 0. The Morgan fingerprint density at radius 2 is 2.07 bits per heavy atom. The average molecular weight is 195 g/mol. The molecule has 2 aromatic rings. The van der Waals surface area contributed by atoms with Crippen molar-refractivity contribution < 1.29 is 0 Å². The monoisotopic (exact) mass is 195 g/mol. The van der Waals surface area contributed by atoms with Crippen LogP contribution in [0.2, 0.25) is 0 Å². The average Bonchev–Trinajstić information content (AvgIpc) is 2.31. The first-order valence-electron chi connectivity index (χ1n) is 4.99. The standard InChI is InChI=1S/C14H13N/c1-3-11(4-2)13-9-5-7-12-8-6-10-15-14(12)13/h3-10H,1H2,2H3/b11-4+. The molecule has 0 aliphatic carbocycles. The summed E-state index contributed by atoms with van der Waals surface area (Å²) in [6.07, 6.45) is 5.74. The summed E-state index contributed by atoms with van der Waals surface area (Å²) in [5, 5.41) is 1.16. The molecule has 0 aliphatic heterocycles. The number of allylic oxidation sites excluding steroid dienone is 3. The van der Waals surface area contributed by atoms with Crippen molar-refractivity contribution in [2.75, 3.05) is 0 Å². The highest BCUT2D eigenvalue weighted by Gasteiger charge is 2.02. The van der Waals surface area contributed by atoms with E-state index in [0.717, 1.165) is 22.0 Å². The van der Waals surface area contributed by atoms with Gasteiger partial charge in [-0.3, -0.25) is 4.98 Å². The molecular formula is C14H13N. The van der Waals surface area contributed by atoms with Crippen molar-refractivity contribution >= 4 is 16.5 Å². The number of benzene rings is 1. The number of aromatic nitrogens is 1. The molecule has 1 heterocycles. The van der Waals surface area contributed by atoms with Gasteiger partial charge in [0.1, 0.15) is 0 Å². The summed E-state index contributed by atoms with van der Waals surface area (Å²) in [6, 6.07) is 10.2. The highest BCUT2D eigenvalue weighted by atomic mass is 14.6. The van der Waals surface area contributed by atoms with Crippen molar-refractivity contribution in [3.05, 3.63) is 60.8 Å². The second-order valence-electron chi connectivity index (χ2n) is 3.33. The molecule has 15 heavy (non-hydrogen) atoms. The highest BCUT2D eigenvalue weighted by molar-refractivity contribution is 5.93. The molecule has 0 amide bonds. The van der Waals surface area contributed by atoms with Crippen LogP contribution in [0.5, 0.6) is 0 Å². The van der Waals surface area contributed by atoms with Crippen molar-refractivity contribution in [3.63, 3.8) is 0 Å². The van der Waals surface area contributed by atoms with Gasteiger partial charge < -0.3 is 0 Å². The van der Waals surface area contributed by atoms with Gasteiger partial charge >= 0.3 is 0 Å². The maximum absolute atomic E-state index is 4.41. The zero-order valence-corrected chi connectivity index (χ0v) is 8.77. The maximum Gasteiger partial charge on any atom is 0.0780 e. The van der Waals surface area contributed by atoms with E-state index in [0.29, 0.717) is 0 Å². The number of hydrogen-bond acceptors (Lipinski definition) is 1. The summed E-state index contributed by atoms with van der Waals surface area (Å²) >= 11 is 0. The van der Waals surface area contributed by atoms with Crippen LogP contribution >= 0.6 is 0 Å². The van der Waals surface area contributed by atoms with Crippen molar-refractivity contribution in [1.29, 1.82) is 0 Å². The number of fused-ring (bicyclic) bond motifs is 1. The molecule has 0 radical (unpaired) electrons. The van der Waals surface area contributed by atoms with Crippen LogP contribution in [0.1, 0.15) is 12.5 Å². The SMILES string of the molecule is C=C/C(=C\C)c1cccc2cccnc12. The summed E-state index contributed by atoms with van der Waals surface area (Å²) in [6.45, 7) is 5.83. The number of pyridine rings is 1. The molecular weight excluding hydrogens is 182 g/mol. The second-order valence-corrected chi connectivity index (χ2v) is 3.33. The van der Waals surface area contributed by atoms with Gasteiger partial charge in [-0.05, 0) is 18.6 Å². The van der Waals surface area contributed by atoms with Crippen molar-refractivity contribution in [2.45, 2.75) is 6.92 Å². The van der Waals surface area contributed by atoms with Gasteiger partial charge in [0.2, 0.25) is 0 Å². The first-order valence-corrected chi connectivity index (χ1v) is 4.99. The van der Waals surface area contributed by atoms with Crippen LogP contribution in [-0.4, -0.2) is 4.98 Å². The Kier molecular flexibility index (Phi) is 2.64. The number of nitrogens with zero attached hydrogens (tertiary/aromatic N) is 1. The molecule has 1 heteroatoms. The van der Waals surface area contributed by atoms with Crippen LogP contribution in [0.3, 0.4) is 0 Å². The van der Waals surface area contributed by atoms with E-state index < -0.39 is 0 Å². The Hall–Kier alpha value is -1.89. The van der Waals surface area contributed by atoms with Crippen molar-refractivity contribution in [3.8, 4) is 0 Å². The van der Waals surface area contributed by atoms with E-state index in [1.54, 1.807) is 0 Å². The lowest BCUT2D eigenvalue weighted by atomic mass is 10.0. The summed E-state index contributed by atoms with van der Waals surface area (Å²) in [4.78, 5) is 4.41. The Labute approximate surface area is 89.8 Å². The fraction of sp³-hybridized carbons (Fsp3) is 0.0714. The van der Waals surface area contributed by atoms with Crippen LogP contribution in [0.4, 0.5) is 0 Å². The largest absolute Gasteiger partial charge is 0.256 e. The van der Waals surface area contributed by atoms with E-state index in [2.05, 4.69) is 35.8 Å². The van der Waals surface area contributed by atoms with Crippen LogP contribution in [0.15, 0.2) is 55.3 Å². The number of rotatable bonds is 2. The van der Waals surface area contributed by atoms with E-state index in [4.69, 9.17) is 0 Å². The highest BCUT2D eigenvalue weighted by Crippen LogP contribution is 2.23. The molecule has 0 unspecified atom stereocenters. The van der Waals surface area contributed by atoms with E-state index in [-0.39, 0.29) is 0 Å². The smallest absolute Gasteiger partial charge is 0.0780 e. The molecule has 0 saturated carbocycles. The first kappa shape index (κ1) is 9.66. The van der Waals surface area contributed by atoms with E-state index in [1.807, 2.05) is 31.3 Å². The molecule has 1 aromatic heterocycles. The predicted octanol–water partition coefficient (Wildman–Crippen LogP) is 3.82. The molecule has 0 aliphatic rings. The fourth-order valence-corrected chi connectivity index (χ4v) is 1.72. The molecule has 2 rings (SSSR count). The predicted molar refractivity (Wildman–Crippen MR) is 65.6 cm³/mol. The van der Waals surface area contributed by atoms with Gasteiger partial charge in [-0.25, -0.2) is 0 Å². The normalized spacial score (nSPS) is 11.7. The van der Waals surface area contributed by atoms with Crippen LogP contribution < -0.4 is 0 Å². The minimum atomic E-state index is 1.04. The molecule has 0 atom stereocenters. The molecule has 0 saturated heterocycles. The molecule has 0 spiro atoms. The number of para-hydroxylation sites is 1. The van der Waals surface area contributed by atoms with Crippen molar-refractivity contribution in [1.82, 2.24) is 4.98 Å². The fourth-order valence-electron chi connectivity index (χ4n) is 1.72. The summed E-state index contributed by atoms with van der Waals surface area (Å²) in [5.74, 6) is 0. The van der Waals surface area contributed by atoms with Gasteiger partial charge in [0, 0.05) is 17.1 Å². The van der Waals surface area contributed by atoms with Crippen molar-refractivity contribution in [2.24, 2.45) is 0 Å². The second kappa shape index (κ2) is 4.09. The lowest BCUT2D eigenvalue weighted by Gasteiger charge is -2.05. The third kappa shape index (κ3) is 1.68. The zero-order chi connectivity index (χ0) is 10.7. The molecule has 1 aromatic carbocycles. The first-order chi connectivity index (χ1) is 7.36. The molecule has 0 fully saturated rings. The van der Waals surface area contributed by atoms with Gasteiger partial charge in [-0.15, -0.1) is 0 Å². The Morgan fingerprint density at radius 1 is 1.27 bits per heavy atom. The molecule has 0 bridgehead atoms. The number of hydrogen-bond donors (Lipinski definition) is 0. The molecule has 74 valence electrons. The lowest BCUT2D eigenvalue weighted by Crippen LogP contribution is -1.86. The molecule has 1 nitrogen and oxygen atoms in total. The van der Waals surface area contributed by atoms with Gasteiger partial charge in [0.25, 0.3) is 0 Å². The maximum atomic E-state index is 4.41. The third-order valence-electron chi connectivity index (χ3n) is 2.47. The van der Waals surface area contributed by atoms with E-state index >= 15 is 0 Å². The van der Waals surface area contributed by atoms with Crippen LogP contribution in [0.25, 0.3) is 16.5 Å². The third-order valence-corrected chi connectivity index (χ3v) is 2.47. The van der Waals surface area contributed by atoms with Crippen LogP contribution in [0, 0.1) is 0 Å². The lowest BCUT2D eigenvalue weighted by molar-refractivity contribution is 1.40. The van der Waals surface area contributed by atoms with Gasteiger partial charge in [-0.2, -0.15) is 0 Å². The minimum absolute atomic E-state index is 1.04. The van der Waals surface area contributed by atoms with Crippen LogP contribution in [-0.2, 0) is 0 Å². The Morgan fingerprint density at radius 3 is 2.80 bits per heavy atom.